The maximum absolute atomic E-state index is 13.0. The number of hydrogen-bond donors (Lipinski definition) is 1. The van der Waals surface area contributed by atoms with Crippen LogP contribution in [0.2, 0.25) is 0 Å². The third-order valence-electron chi connectivity index (χ3n) is 7.99. The van der Waals surface area contributed by atoms with E-state index >= 15 is 0 Å². The second-order valence-corrected chi connectivity index (χ2v) is 13.3. The number of carbonyl (C=O) groups excluding carboxylic acids is 2. The Hall–Kier alpha value is -3.33. The zero-order valence-corrected chi connectivity index (χ0v) is 25.1. The van der Waals surface area contributed by atoms with Crippen molar-refractivity contribution < 1.29 is 27.5 Å². The number of rotatable bonds is 9. The van der Waals surface area contributed by atoms with Gasteiger partial charge in [-0.15, -0.1) is 0 Å². The van der Waals surface area contributed by atoms with Gasteiger partial charge in [0.05, 0.1) is 31.1 Å². The van der Waals surface area contributed by atoms with Gasteiger partial charge in [-0.3, -0.25) is 9.59 Å². The van der Waals surface area contributed by atoms with E-state index in [4.69, 9.17) is 9.47 Å². The molecule has 2 aromatic carbocycles. The van der Waals surface area contributed by atoms with Crippen molar-refractivity contribution >= 4 is 32.8 Å². The molecule has 3 aromatic rings. The number of methoxy groups -OCH3 is 2. The molecule has 1 fully saturated rings. The highest BCUT2D eigenvalue weighted by atomic mass is 32.2. The molecule has 1 aromatic heterocycles. The Morgan fingerprint density at radius 3 is 2.35 bits per heavy atom. The minimum atomic E-state index is -3.73. The molecule has 9 heteroatoms. The minimum absolute atomic E-state index is 0.197. The Bertz CT molecular complexity index is 1530. The highest BCUT2D eigenvalue weighted by Crippen LogP contribution is 2.46. The largest absolute Gasteiger partial charge is 0.497 e. The van der Waals surface area contributed by atoms with Gasteiger partial charge >= 0.3 is 5.97 Å². The highest BCUT2D eigenvalue weighted by molar-refractivity contribution is 7.90. The van der Waals surface area contributed by atoms with E-state index in [2.05, 4.69) is 15.4 Å². The summed E-state index contributed by atoms with van der Waals surface area (Å²) in [5.41, 5.74) is 4.43. The normalized spacial score (nSPS) is 14.8. The summed E-state index contributed by atoms with van der Waals surface area (Å²) < 4.78 is 39.2. The van der Waals surface area contributed by atoms with Crippen molar-refractivity contribution in [3.05, 3.63) is 53.1 Å². The smallest absolute Gasteiger partial charge is 0.313 e. The molecule has 1 amide bonds. The van der Waals surface area contributed by atoms with Crippen LogP contribution in [0.5, 0.6) is 5.75 Å². The number of benzene rings is 2. The van der Waals surface area contributed by atoms with Crippen LogP contribution in [0, 0.1) is 12.3 Å². The molecule has 0 unspecified atom stereocenters. The van der Waals surface area contributed by atoms with E-state index < -0.39 is 21.3 Å². The molecule has 1 N–H and O–H groups in total. The molecule has 1 heterocycles. The van der Waals surface area contributed by atoms with Gasteiger partial charge in [-0.25, -0.2) is 13.1 Å². The van der Waals surface area contributed by atoms with Gasteiger partial charge < -0.3 is 14.0 Å². The molecule has 40 heavy (non-hydrogen) atoms. The Morgan fingerprint density at radius 2 is 1.75 bits per heavy atom. The lowest BCUT2D eigenvalue weighted by atomic mass is 9.81. The monoisotopic (exact) mass is 568 g/mol. The average Bonchev–Trinajstić information content (AvgIpc) is 3.24. The van der Waals surface area contributed by atoms with Gasteiger partial charge in [-0.1, -0.05) is 25.3 Å². The van der Waals surface area contributed by atoms with Crippen LogP contribution in [0.25, 0.3) is 22.2 Å². The number of amides is 1. The molecule has 8 nitrogen and oxygen atoms in total. The molecule has 0 spiro atoms. The van der Waals surface area contributed by atoms with Crippen molar-refractivity contribution in [2.45, 2.75) is 72.3 Å². The fraction of sp³-hybridized carbons (Fsp3) is 0.484. The first-order valence-corrected chi connectivity index (χ1v) is 15.5. The lowest BCUT2D eigenvalue weighted by Gasteiger charge is -2.27. The minimum Gasteiger partial charge on any atom is -0.497 e. The molecule has 1 saturated carbocycles. The van der Waals surface area contributed by atoms with Crippen molar-refractivity contribution in [2.75, 3.05) is 20.0 Å². The highest BCUT2D eigenvalue weighted by Gasteiger charge is 2.34. The van der Waals surface area contributed by atoms with E-state index in [0.717, 1.165) is 59.2 Å². The molecule has 0 saturated heterocycles. The molecule has 0 bridgehead atoms. The van der Waals surface area contributed by atoms with Crippen molar-refractivity contribution in [1.29, 1.82) is 0 Å². The van der Waals surface area contributed by atoms with Gasteiger partial charge in [0, 0.05) is 28.6 Å². The first-order chi connectivity index (χ1) is 18.9. The second kappa shape index (κ2) is 11.6. The van der Waals surface area contributed by atoms with Crippen molar-refractivity contribution in [3.63, 3.8) is 0 Å². The van der Waals surface area contributed by atoms with Crippen molar-refractivity contribution in [1.82, 2.24) is 9.29 Å². The van der Waals surface area contributed by atoms with Gasteiger partial charge in [-0.2, -0.15) is 0 Å². The van der Waals surface area contributed by atoms with Gasteiger partial charge in [0.25, 0.3) is 5.91 Å². The predicted octanol–water partition coefficient (Wildman–Crippen LogP) is 5.95. The van der Waals surface area contributed by atoms with Crippen LogP contribution < -0.4 is 9.46 Å². The van der Waals surface area contributed by atoms with Crippen LogP contribution in [-0.4, -0.2) is 44.8 Å². The summed E-state index contributed by atoms with van der Waals surface area (Å²) >= 11 is 0. The Balaban J connectivity index is 2.04. The first-order valence-electron chi connectivity index (χ1n) is 13.9. The SMILES string of the molecule is CCS(=O)(=O)NC(=O)c1ccc2c(C3CCCCC3)c(-c3ccc(OC)cc3C)n(CC(C)(C)C(=O)OC)c2c1. The molecule has 0 aliphatic heterocycles. The standard InChI is InChI=1S/C31H40N2O6S/c1-7-40(36,37)32-29(34)22-13-15-25-26(18-22)33(19-31(3,4)30(35)39-6)28(27(25)21-11-9-8-10-12-21)24-16-14-23(38-5)17-20(24)2/h13-18,21H,7-12,19H2,1-6H3,(H,32,34). The summed E-state index contributed by atoms with van der Waals surface area (Å²) in [5.74, 6) is -0.138. The number of aryl methyl sites for hydroxylation is 1. The van der Waals surface area contributed by atoms with Gasteiger partial charge in [0.2, 0.25) is 10.0 Å². The van der Waals surface area contributed by atoms with Crippen LogP contribution in [0.3, 0.4) is 0 Å². The summed E-state index contributed by atoms with van der Waals surface area (Å²) in [6.07, 6.45) is 5.60. The lowest BCUT2D eigenvalue weighted by Crippen LogP contribution is -2.32. The molecule has 1 aliphatic carbocycles. The summed E-state index contributed by atoms with van der Waals surface area (Å²) in [6, 6.07) is 11.4. The quantitative estimate of drug-likeness (QED) is 0.320. The molecule has 1 aliphatic rings. The van der Waals surface area contributed by atoms with Crippen LogP contribution in [0.1, 0.15) is 80.3 Å². The summed E-state index contributed by atoms with van der Waals surface area (Å²) in [5, 5.41) is 1.01. The number of fused-ring (bicyclic) bond motifs is 1. The number of carbonyl (C=O) groups is 2. The topological polar surface area (TPSA) is 104 Å². The Labute approximate surface area is 237 Å². The summed E-state index contributed by atoms with van der Waals surface area (Å²) in [7, 11) is -0.701. The van der Waals surface area contributed by atoms with Crippen LogP contribution in [-0.2, 0) is 26.1 Å². The lowest BCUT2D eigenvalue weighted by molar-refractivity contribution is -0.151. The maximum Gasteiger partial charge on any atom is 0.313 e. The number of nitrogens with one attached hydrogen (secondary N) is 1. The third-order valence-corrected chi connectivity index (χ3v) is 9.24. The number of aromatic nitrogens is 1. The zero-order valence-electron chi connectivity index (χ0n) is 24.3. The van der Waals surface area contributed by atoms with Crippen molar-refractivity contribution in [2.24, 2.45) is 5.41 Å². The molecule has 0 radical (unpaired) electrons. The van der Waals surface area contributed by atoms with E-state index in [9.17, 15) is 18.0 Å². The van der Waals surface area contributed by atoms with Gasteiger partial charge in [0.1, 0.15) is 5.75 Å². The van der Waals surface area contributed by atoms with E-state index in [-0.39, 0.29) is 17.3 Å². The number of ether oxygens (including phenoxy) is 2. The van der Waals surface area contributed by atoms with Crippen molar-refractivity contribution in [3.8, 4) is 17.0 Å². The molecular weight excluding hydrogens is 528 g/mol. The maximum atomic E-state index is 13.0. The van der Waals surface area contributed by atoms with E-state index in [1.54, 1.807) is 19.2 Å². The number of hydrogen-bond acceptors (Lipinski definition) is 6. The van der Waals surface area contributed by atoms with Crippen LogP contribution >= 0.6 is 0 Å². The first kappa shape index (κ1) is 29.6. The number of nitrogens with zero attached hydrogens (tertiary/aromatic N) is 1. The van der Waals surface area contributed by atoms with Crippen LogP contribution in [0.4, 0.5) is 0 Å². The summed E-state index contributed by atoms with van der Waals surface area (Å²) in [6.45, 7) is 7.53. The third kappa shape index (κ3) is 5.89. The number of esters is 1. The average molecular weight is 569 g/mol. The van der Waals surface area contributed by atoms with E-state index in [0.29, 0.717) is 12.5 Å². The fourth-order valence-electron chi connectivity index (χ4n) is 5.81. The van der Waals surface area contributed by atoms with E-state index in [1.165, 1.54) is 26.0 Å². The molecule has 0 atom stereocenters. The fourth-order valence-corrected chi connectivity index (χ4v) is 6.36. The van der Waals surface area contributed by atoms with Gasteiger partial charge in [-0.05, 0) is 87.9 Å². The molecule has 216 valence electrons. The molecular formula is C31H40N2O6S. The summed E-state index contributed by atoms with van der Waals surface area (Å²) in [4.78, 5) is 25.9. The number of sulfonamides is 1. The van der Waals surface area contributed by atoms with E-state index in [1.807, 2.05) is 39.0 Å². The molecule has 4 rings (SSSR count). The predicted molar refractivity (Wildman–Crippen MR) is 157 cm³/mol. The zero-order chi connectivity index (χ0) is 29.2. The second-order valence-electron chi connectivity index (χ2n) is 11.3. The van der Waals surface area contributed by atoms with Crippen LogP contribution in [0.15, 0.2) is 36.4 Å². The van der Waals surface area contributed by atoms with Gasteiger partial charge in [0.15, 0.2) is 0 Å². The Kier molecular flexibility index (Phi) is 8.63. The Morgan fingerprint density at radius 1 is 1.05 bits per heavy atom.